The molecule has 0 bridgehead atoms. The largest absolute Gasteiger partial charge is 0.274 e. The van der Waals surface area contributed by atoms with Gasteiger partial charge in [0.25, 0.3) is 0 Å². The Labute approximate surface area is 82.2 Å². The van der Waals surface area contributed by atoms with Crippen LogP contribution in [0.5, 0.6) is 0 Å². The lowest BCUT2D eigenvalue weighted by Gasteiger charge is -1.95. The van der Waals surface area contributed by atoms with Gasteiger partial charge >= 0.3 is 0 Å². The molecule has 1 aromatic carbocycles. The van der Waals surface area contributed by atoms with Crippen molar-refractivity contribution in [1.82, 2.24) is 9.78 Å². The van der Waals surface area contributed by atoms with E-state index in [2.05, 4.69) is 11.2 Å². The molecule has 1 heterocycles. The molecule has 0 spiro atoms. The average molecular weight is 183 g/mol. The van der Waals surface area contributed by atoms with Crippen LogP contribution in [-0.2, 0) is 7.05 Å². The first-order valence-corrected chi connectivity index (χ1v) is 4.30. The summed E-state index contributed by atoms with van der Waals surface area (Å²) in [6.07, 6.45) is 1.72. The summed E-state index contributed by atoms with van der Waals surface area (Å²) in [5.41, 5.74) is 2.33. The molecule has 0 atom stereocenters. The van der Waals surface area contributed by atoms with E-state index >= 15 is 0 Å². The van der Waals surface area contributed by atoms with Gasteiger partial charge in [-0.1, -0.05) is 30.3 Å². The molecule has 2 aromatic rings. The molecule has 0 aliphatic rings. The van der Waals surface area contributed by atoms with Crippen LogP contribution in [0.1, 0.15) is 5.56 Å². The maximum atomic E-state index is 8.89. The van der Waals surface area contributed by atoms with Crippen molar-refractivity contribution in [2.75, 3.05) is 0 Å². The van der Waals surface area contributed by atoms with E-state index in [9.17, 15) is 0 Å². The van der Waals surface area contributed by atoms with Crippen molar-refractivity contribution in [2.24, 2.45) is 7.05 Å². The molecule has 0 aliphatic carbocycles. The molecule has 2 rings (SSSR count). The minimum atomic E-state index is 0.610. The molecule has 3 nitrogen and oxygen atoms in total. The topological polar surface area (TPSA) is 41.6 Å². The van der Waals surface area contributed by atoms with Crippen LogP contribution in [0.15, 0.2) is 36.5 Å². The van der Waals surface area contributed by atoms with E-state index in [4.69, 9.17) is 5.26 Å². The van der Waals surface area contributed by atoms with Gasteiger partial charge in [0.15, 0.2) is 0 Å². The van der Waals surface area contributed by atoms with Crippen LogP contribution < -0.4 is 0 Å². The lowest BCUT2D eigenvalue weighted by molar-refractivity contribution is 0.770. The minimum absolute atomic E-state index is 0.610. The Morgan fingerprint density at radius 2 is 2.00 bits per heavy atom. The van der Waals surface area contributed by atoms with Crippen LogP contribution in [0, 0.1) is 11.3 Å². The number of hydrogen-bond acceptors (Lipinski definition) is 2. The van der Waals surface area contributed by atoms with Crippen molar-refractivity contribution in [3.8, 4) is 17.3 Å². The quantitative estimate of drug-likeness (QED) is 0.678. The molecule has 0 saturated heterocycles. The number of rotatable bonds is 1. The van der Waals surface area contributed by atoms with E-state index in [-0.39, 0.29) is 0 Å². The van der Waals surface area contributed by atoms with E-state index in [0.29, 0.717) is 5.56 Å². The maximum absolute atomic E-state index is 8.89. The first-order chi connectivity index (χ1) is 6.81. The summed E-state index contributed by atoms with van der Waals surface area (Å²) in [5, 5.41) is 13.1. The molecule has 1 aromatic heterocycles. The number of benzene rings is 1. The van der Waals surface area contributed by atoms with Crippen LogP contribution in [0.3, 0.4) is 0 Å². The average Bonchev–Trinajstić information content (AvgIpc) is 2.61. The van der Waals surface area contributed by atoms with Gasteiger partial charge in [-0.2, -0.15) is 10.4 Å². The highest BCUT2D eigenvalue weighted by atomic mass is 15.2. The lowest BCUT2D eigenvalue weighted by Crippen LogP contribution is -1.87. The van der Waals surface area contributed by atoms with Crippen molar-refractivity contribution < 1.29 is 0 Å². The van der Waals surface area contributed by atoms with E-state index in [1.165, 1.54) is 0 Å². The summed E-state index contributed by atoms with van der Waals surface area (Å²) in [4.78, 5) is 0. The predicted octanol–water partition coefficient (Wildman–Crippen LogP) is 1.96. The maximum Gasteiger partial charge on any atom is 0.110 e. The van der Waals surface area contributed by atoms with Gasteiger partial charge in [-0.15, -0.1) is 0 Å². The van der Waals surface area contributed by atoms with Crippen LogP contribution in [0.4, 0.5) is 0 Å². The summed E-state index contributed by atoms with van der Waals surface area (Å²) < 4.78 is 1.65. The SMILES string of the molecule is Cn1cc(C#N)c(-c2ccccc2)n1. The molecule has 3 heteroatoms. The van der Waals surface area contributed by atoms with Gasteiger partial charge in [0.1, 0.15) is 11.8 Å². The summed E-state index contributed by atoms with van der Waals surface area (Å²) in [5.74, 6) is 0. The van der Waals surface area contributed by atoms with E-state index in [0.717, 1.165) is 11.3 Å². The van der Waals surface area contributed by atoms with Crippen molar-refractivity contribution in [3.05, 3.63) is 42.1 Å². The van der Waals surface area contributed by atoms with Crippen molar-refractivity contribution >= 4 is 0 Å². The summed E-state index contributed by atoms with van der Waals surface area (Å²) >= 11 is 0. The monoisotopic (exact) mass is 183 g/mol. The van der Waals surface area contributed by atoms with Crippen molar-refractivity contribution in [2.45, 2.75) is 0 Å². The predicted molar refractivity (Wildman–Crippen MR) is 53.4 cm³/mol. The standard InChI is InChI=1S/C11H9N3/c1-14-8-10(7-12)11(13-14)9-5-3-2-4-6-9/h2-6,8H,1H3. The smallest absolute Gasteiger partial charge is 0.110 e. The second kappa shape index (κ2) is 3.35. The Morgan fingerprint density at radius 1 is 1.29 bits per heavy atom. The fraction of sp³-hybridized carbons (Fsp3) is 0.0909. The van der Waals surface area contributed by atoms with Crippen LogP contribution in [0.2, 0.25) is 0 Å². The molecule has 0 saturated carbocycles. The number of hydrogen-bond donors (Lipinski definition) is 0. The second-order valence-corrected chi connectivity index (χ2v) is 3.04. The Balaban J connectivity index is 2.58. The minimum Gasteiger partial charge on any atom is -0.274 e. The highest BCUT2D eigenvalue weighted by molar-refractivity contribution is 5.65. The molecule has 0 amide bonds. The Hall–Kier alpha value is -2.08. The molecular weight excluding hydrogens is 174 g/mol. The third kappa shape index (κ3) is 1.38. The van der Waals surface area contributed by atoms with Crippen LogP contribution in [-0.4, -0.2) is 9.78 Å². The molecule has 0 fully saturated rings. The number of nitriles is 1. The Bertz CT molecular complexity index is 477. The number of aryl methyl sites for hydroxylation is 1. The van der Waals surface area contributed by atoms with Gasteiger partial charge in [0.05, 0.1) is 5.56 Å². The molecule has 0 N–H and O–H groups in total. The third-order valence-electron chi connectivity index (χ3n) is 2.00. The zero-order valence-electron chi connectivity index (χ0n) is 7.81. The van der Waals surface area contributed by atoms with Gasteiger partial charge in [0, 0.05) is 18.8 Å². The molecule has 68 valence electrons. The highest BCUT2D eigenvalue weighted by Crippen LogP contribution is 2.20. The first-order valence-electron chi connectivity index (χ1n) is 4.30. The fourth-order valence-electron chi connectivity index (χ4n) is 1.38. The molecule has 0 radical (unpaired) electrons. The molecule has 0 aliphatic heterocycles. The van der Waals surface area contributed by atoms with Gasteiger partial charge in [0.2, 0.25) is 0 Å². The molecular formula is C11H9N3. The number of nitrogens with zero attached hydrogens (tertiary/aromatic N) is 3. The molecule has 0 unspecified atom stereocenters. The van der Waals surface area contributed by atoms with Crippen LogP contribution in [0.25, 0.3) is 11.3 Å². The number of aromatic nitrogens is 2. The summed E-state index contributed by atoms with van der Waals surface area (Å²) in [7, 11) is 1.81. The van der Waals surface area contributed by atoms with Gasteiger partial charge in [-0.05, 0) is 0 Å². The fourth-order valence-corrected chi connectivity index (χ4v) is 1.38. The summed E-state index contributed by atoms with van der Waals surface area (Å²) in [6.45, 7) is 0. The van der Waals surface area contributed by atoms with Crippen LogP contribution >= 0.6 is 0 Å². The Morgan fingerprint density at radius 3 is 2.64 bits per heavy atom. The second-order valence-electron chi connectivity index (χ2n) is 3.04. The lowest BCUT2D eigenvalue weighted by atomic mass is 10.1. The highest BCUT2D eigenvalue weighted by Gasteiger charge is 2.08. The first kappa shape index (κ1) is 8.52. The van der Waals surface area contributed by atoms with Gasteiger partial charge in [-0.25, -0.2) is 0 Å². The van der Waals surface area contributed by atoms with Crippen molar-refractivity contribution in [1.29, 1.82) is 5.26 Å². The molecule has 14 heavy (non-hydrogen) atoms. The zero-order valence-corrected chi connectivity index (χ0v) is 7.81. The van der Waals surface area contributed by atoms with E-state index in [1.807, 2.05) is 37.4 Å². The van der Waals surface area contributed by atoms with E-state index < -0.39 is 0 Å². The summed E-state index contributed by atoms with van der Waals surface area (Å²) in [6, 6.07) is 11.8. The van der Waals surface area contributed by atoms with Gasteiger partial charge < -0.3 is 0 Å². The zero-order chi connectivity index (χ0) is 9.97. The van der Waals surface area contributed by atoms with Crippen molar-refractivity contribution in [3.63, 3.8) is 0 Å². The third-order valence-corrected chi connectivity index (χ3v) is 2.00. The van der Waals surface area contributed by atoms with E-state index in [1.54, 1.807) is 10.9 Å². The Kier molecular flexibility index (Phi) is 2.04. The normalized spacial score (nSPS) is 9.71. The van der Waals surface area contributed by atoms with Gasteiger partial charge in [-0.3, -0.25) is 4.68 Å².